The Morgan fingerprint density at radius 2 is 1.85 bits per heavy atom. The lowest BCUT2D eigenvalue weighted by atomic mass is 9.97. The molecule has 4 nitrogen and oxygen atoms in total. The minimum absolute atomic E-state index is 0.0418. The minimum atomic E-state index is -1.14. The topological polar surface area (TPSA) is 66.8 Å². The van der Waals surface area contributed by atoms with Gasteiger partial charge in [-0.1, -0.05) is 36.4 Å². The highest BCUT2D eigenvalue weighted by atomic mass is 16.5. The van der Waals surface area contributed by atoms with Gasteiger partial charge in [0.05, 0.1) is 5.56 Å². The van der Waals surface area contributed by atoms with Crippen LogP contribution in [-0.4, -0.2) is 22.8 Å². The summed E-state index contributed by atoms with van der Waals surface area (Å²) in [5.41, 5.74) is -0.239. The quantitative estimate of drug-likeness (QED) is 0.878. The van der Waals surface area contributed by atoms with E-state index in [0.29, 0.717) is 5.75 Å². The van der Waals surface area contributed by atoms with Crippen LogP contribution in [0.5, 0.6) is 5.75 Å². The summed E-state index contributed by atoms with van der Waals surface area (Å²) in [6, 6.07) is 15.4. The molecule has 0 radical (unpaired) electrons. The first-order valence-electron chi connectivity index (χ1n) is 6.23. The number of carboxylic acid groups (broad SMARTS) is 1. The second-order valence-corrected chi connectivity index (χ2v) is 4.76. The van der Waals surface area contributed by atoms with Crippen molar-refractivity contribution in [2.45, 2.75) is 12.5 Å². The number of carbonyl (C=O) groups is 1. The summed E-state index contributed by atoms with van der Waals surface area (Å²) in [6.45, 7) is 1.70. The first-order valence-corrected chi connectivity index (χ1v) is 6.23. The SMILES string of the molecule is CC(O)(COc1cccc(C(=O)O)c1)c1ccccc1. The van der Waals surface area contributed by atoms with Crippen molar-refractivity contribution < 1.29 is 19.7 Å². The van der Waals surface area contributed by atoms with Crippen molar-refractivity contribution in [1.82, 2.24) is 0 Å². The van der Waals surface area contributed by atoms with Gasteiger partial charge in [0, 0.05) is 0 Å². The molecule has 0 bridgehead atoms. The van der Waals surface area contributed by atoms with Crippen molar-refractivity contribution in [3.63, 3.8) is 0 Å². The van der Waals surface area contributed by atoms with Gasteiger partial charge in [-0.3, -0.25) is 0 Å². The molecule has 4 heteroatoms. The van der Waals surface area contributed by atoms with Crippen LogP contribution >= 0.6 is 0 Å². The van der Waals surface area contributed by atoms with Crippen molar-refractivity contribution >= 4 is 5.97 Å². The number of rotatable bonds is 5. The van der Waals surface area contributed by atoms with Crippen molar-refractivity contribution in [2.24, 2.45) is 0 Å². The number of ether oxygens (including phenoxy) is 1. The molecular formula is C16H16O4. The summed E-state index contributed by atoms with van der Waals surface area (Å²) < 4.78 is 5.50. The largest absolute Gasteiger partial charge is 0.490 e. The van der Waals surface area contributed by atoms with E-state index in [1.165, 1.54) is 12.1 Å². The molecule has 2 aromatic rings. The third-order valence-corrected chi connectivity index (χ3v) is 3.00. The summed E-state index contributed by atoms with van der Waals surface area (Å²) in [5.74, 6) is -0.591. The van der Waals surface area contributed by atoms with E-state index in [1.807, 2.05) is 30.3 Å². The van der Waals surface area contributed by atoms with Crippen LogP contribution in [0.15, 0.2) is 54.6 Å². The zero-order valence-electron chi connectivity index (χ0n) is 11.1. The fraction of sp³-hybridized carbons (Fsp3) is 0.188. The van der Waals surface area contributed by atoms with E-state index in [1.54, 1.807) is 19.1 Å². The predicted octanol–water partition coefficient (Wildman–Crippen LogP) is 2.67. The molecule has 20 heavy (non-hydrogen) atoms. The van der Waals surface area contributed by atoms with E-state index in [-0.39, 0.29) is 12.2 Å². The van der Waals surface area contributed by atoms with Crippen molar-refractivity contribution in [1.29, 1.82) is 0 Å². The first-order chi connectivity index (χ1) is 9.49. The van der Waals surface area contributed by atoms with Gasteiger partial charge in [-0.15, -0.1) is 0 Å². The van der Waals surface area contributed by atoms with Gasteiger partial charge in [-0.25, -0.2) is 4.79 Å². The smallest absolute Gasteiger partial charge is 0.335 e. The molecular weight excluding hydrogens is 256 g/mol. The molecule has 0 aliphatic carbocycles. The number of benzene rings is 2. The molecule has 2 N–H and O–H groups in total. The van der Waals surface area contributed by atoms with Gasteiger partial charge in [0.25, 0.3) is 0 Å². The molecule has 0 saturated heterocycles. The third kappa shape index (κ3) is 3.36. The fourth-order valence-corrected chi connectivity index (χ4v) is 1.82. The van der Waals surface area contributed by atoms with Gasteiger partial charge < -0.3 is 14.9 Å². The molecule has 0 saturated carbocycles. The minimum Gasteiger partial charge on any atom is -0.490 e. The molecule has 0 aliphatic heterocycles. The summed E-state index contributed by atoms with van der Waals surface area (Å²) in [7, 11) is 0. The number of carboxylic acids is 1. The monoisotopic (exact) mass is 272 g/mol. The molecule has 0 spiro atoms. The molecule has 0 fully saturated rings. The Morgan fingerprint density at radius 1 is 1.15 bits per heavy atom. The zero-order chi connectivity index (χ0) is 14.6. The van der Waals surface area contributed by atoms with Crippen LogP contribution in [0, 0.1) is 0 Å². The lowest BCUT2D eigenvalue weighted by Gasteiger charge is -2.24. The molecule has 0 amide bonds. The Bertz CT molecular complexity index is 590. The predicted molar refractivity (Wildman–Crippen MR) is 74.9 cm³/mol. The van der Waals surface area contributed by atoms with Gasteiger partial charge in [0.2, 0.25) is 0 Å². The van der Waals surface area contributed by atoms with Crippen LogP contribution in [0.4, 0.5) is 0 Å². The van der Waals surface area contributed by atoms with Gasteiger partial charge in [-0.2, -0.15) is 0 Å². The molecule has 2 aromatic carbocycles. The maximum atomic E-state index is 10.9. The maximum absolute atomic E-state index is 10.9. The Hall–Kier alpha value is -2.33. The second kappa shape index (κ2) is 5.75. The molecule has 0 heterocycles. The normalized spacial score (nSPS) is 13.5. The van der Waals surface area contributed by atoms with Crippen LogP contribution in [0.3, 0.4) is 0 Å². The van der Waals surface area contributed by atoms with Crippen LogP contribution in [0.25, 0.3) is 0 Å². The maximum Gasteiger partial charge on any atom is 0.335 e. The van der Waals surface area contributed by atoms with Gasteiger partial charge in [-0.05, 0) is 30.7 Å². The highest BCUT2D eigenvalue weighted by molar-refractivity contribution is 5.87. The highest BCUT2D eigenvalue weighted by Crippen LogP contribution is 2.22. The van der Waals surface area contributed by atoms with E-state index in [2.05, 4.69) is 0 Å². The molecule has 104 valence electrons. The Kier molecular flexibility index (Phi) is 4.05. The standard InChI is InChI=1S/C16H16O4/c1-16(19,13-7-3-2-4-8-13)11-20-14-9-5-6-12(10-14)15(17)18/h2-10,19H,11H2,1H3,(H,17,18). The van der Waals surface area contributed by atoms with Gasteiger partial charge >= 0.3 is 5.97 Å². The molecule has 1 unspecified atom stereocenters. The summed E-state index contributed by atoms with van der Waals surface area (Å²) in [5, 5.41) is 19.3. The van der Waals surface area contributed by atoms with Crippen molar-refractivity contribution in [3.8, 4) is 5.75 Å². The number of hydrogen-bond donors (Lipinski definition) is 2. The molecule has 0 aromatic heterocycles. The van der Waals surface area contributed by atoms with Crippen LogP contribution in [-0.2, 0) is 5.60 Å². The average molecular weight is 272 g/mol. The van der Waals surface area contributed by atoms with E-state index in [9.17, 15) is 9.90 Å². The first kappa shape index (κ1) is 14.1. The third-order valence-electron chi connectivity index (χ3n) is 3.00. The molecule has 0 aliphatic rings. The molecule has 1 atom stereocenters. The van der Waals surface area contributed by atoms with Crippen LogP contribution in [0.1, 0.15) is 22.8 Å². The lowest BCUT2D eigenvalue weighted by Crippen LogP contribution is -2.29. The van der Waals surface area contributed by atoms with E-state index < -0.39 is 11.6 Å². The number of hydrogen-bond acceptors (Lipinski definition) is 3. The van der Waals surface area contributed by atoms with E-state index in [4.69, 9.17) is 9.84 Å². The summed E-state index contributed by atoms with van der Waals surface area (Å²) >= 11 is 0. The van der Waals surface area contributed by atoms with Crippen LogP contribution < -0.4 is 4.74 Å². The Labute approximate surface area is 117 Å². The Balaban J connectivity index is 2.08. The van der Waals surface area contributed by atoms with E-state index in [0.717, 1.165) is 5.56 Å². The fourth-order valence-electron chi connectivity index (χ4n) is 1.82. The van der Waals surface area contributed by atoms with Crippen molar-refractivity contribution in [2.75, 3.05) is 6.61 Å². The summed E-state index contributed by atoms with van der Waals surface area (Å²) in [4.78, 5) is 10.9. The van der Waals surface area contributed by atoms with E-state index >= 15 is 0 Å². The van der Waals surface area contributed by atoms with Crippen molar-refractivity contribution in [3.05, 3.63) is 65.7 Å². The Morgan fingerprint density at radius 3 is 2.50 bits per heavy atom. The second-order valence-electron chi connectivity index (χ2n) is 4.76. The average Bonchev–Trinajstić information content (AvgIpc) is 2.46. The number of aromatic carboxylic acids is 1. The highest BCUT2D eigenvalue weighted by Gasteiger charge is 2.23. The van der Waals surface area contributed by atoms with Gasteiger partial charge in [0.1, 0.15) is 18.0 Å². The van der Waals surface area contributed by atoms with Gasteiger partial charge in [0.15, 0.2) is 0 Å². The zero-order valence-corrected chi connectivity index (χ0v) is 11.1. The lowest BCUT2D eigenvalue weighted by molar-refractivity contribution is 0.00758. The molecule has 2 rings (SSSR count). The summed E-state index contributed by atoms with van der Waals surface area (Å²) in [6.07, 6.45) is 0. The number of aliphatic hydroxyl groups is 1. The van der Waals surface area contributed by atoms with Crippen LogP contribution in [0.2, 0.25) is 0 Å².